The van der Waals surface area contributed by atoms with E-state index in [9.17, 15) is 4.79 Å². The second-order valence-corrected chi connectivity index (χ2v) is 3.78. The zero-order valence-electron chi connectivity index (χ0n) is 6.81. The Balaban J connectivity index is 2.62. The number of halogens is 2. The Hall–Kier alpha value is -0.600. The van der Waals surface area contributed by atoms with Crippen molar-refractivity contribution in [3.63, 3.8) is 0 Å². The maximum atomic E-state index is 11.0. The van der Waals surface area contributed by atoms with E-state index >= 15 is 0 Å². The summed E-state index contributed by atoms with van der Waals surface area (Å²) in [6.07, 6.45) is 2.81. The predicted molar refractivity (Wildman–Crippen MR) is 51.5 cm³/mol. The molecule has 0 aromatic carbocycles. The fourth-order valence-electron chi connectivity index (χ4n) is 1.68. The van der Waals surface area contributed by atoms with Crippen molar-refractivity contribution in [2.75, 3.05) is 0 Å². The van der Waals surface area contributed by atoms with Crippen molar-refractivity contribution < 1.29 is 4.79 Å². The predicted octanol–water partition coefficient (Wildman–Crippen LogP) is 2.60. The van der Waals surface area contributed by atoms with E-state index in [2.05, 4.69) is 4.98 Å². The smallest absolute Gasteiger partial charge is 0.252 e. The highest BCUT2D eigenvalue weighted by Gasteiger charge is 2.20. The molecule has 0 aliphatic heterocycles. The third kappa shape index (κ3) is 1.56. The van der Waals surface area contributed by atoms with Gasteiger partial charge in [-0.3, -0.25) is 4.79 Å². The molecule has 1 aromatic heterocycles. The van der Waals surface area contributed by atoms with Gasteiger partial charge in [-0.15, -0.1) is 0 Å². The van der Waals surface area contributed by atoms with E-state index < -0.39 is 5.24 Å². The molecule has 0 bridgehead atoms. The van der Waals surface area contributed by atoms with Crippen LogP contribution >= 0.6 is 23.2 Å². The molecular formula is C9H7Cl2NO. The molecule has 1 aliphatic carbocycles. The van der Waals surface area contributed by atoms with Crippen molar-refractivity contribution in [1.29, 1.82) is 0 Å². The highest BCUT2D eigenvalue weighted by molar-refractivity contribution is 6.68. The highest BCUT2D eigenvalue weighted by atomic mass is 35.5. The van der Waals surface area contributed by atoms with E-state index in [0.717, 1.165) is 30.5 Å². The molecule has 2 rings (SSSR count). The molecule has 0 spiro atoms. The lowest BCUT2D eigenvalue weighted by Gasteiger charge is -2.03. The van der Waals surface area contributed by atoms with Crippen LogP contribution in [0.4, 0.5) is 0 Å². The van der Waals surface area contributed by atoms with Crippen molar-refractivity contribution in [3.8, 4) is 0 Å². The van der Waals surface area contributed by atoms with Crippen LogP contribution in [0.25, 0.3) is 0 Å². The normalized spacial score (nSPS) is 14.3. The number of rotatable bonds is 1. The van der Waals surface area contributed by atoms with Crippen molar-refractivity contribution in [3.05, 3.63) is 28.0 Å². The van der Waals surface area contributed by atoms with Crippen LogP contribution in [0.1, 0.15) is 28.0 Å². The highest BCUT2D eigenvalue weighted by Crippen LogP contribution is 2.27. The molecule has 0 N–H and O–H groups in total. The lowest BCUT2D eigenvalue weighted by molar-refractivity contribution is 0.108. The molecule has 2 nitrogen and oxygen atoms in total. The van der Waals surface area contributed by atoms with E-state index in [-0.39, 0.29) is 0 Å². The van der Waals surface area contributed by atoms with Crippen LogP contribution in [0.5, 0.6) is 0 Å². The van der Waals surface area contributed by atoms with Gasteiger partial charge in [-0.2, -0.15) is 0 Å². The Morgan fingerprint density at radius 3 is 2.92 bits per heavy atom. The first-order valence-corrected chi connectivity index (χ1v) is 4.82. The van der Waals surface area contributed by atoms with Gasteiger partial charge in [-0.1, -0.05) is 11.6 Å². The van der Waals surface area contributed by atoms with Gasteiger partial charge in [0.25, 0.3) is 5.24 Å². The summed E-state index contributed by atoms with van der Waals surface area (Å²) in [6.45, 7) is 0. The molecule has 0 radical (unpaired) electrons. The van der Waals surface area contributed by atoms with Crippen molar-refractivity contribution >= 4 is 28.4 Å². The topological polar surface area (TPSA) is 30.0 Å². The fourth-order valence-corrected chi connectivity index (χ4v) is 2.06. The number of hydrogen-bond acceptors (Lipinski definition) is 2. The second kappa shape index (κ2) is 3.28. The van der Waals surface area contributed by atoms with Gasteiger partial charge in [0.15, 0.2) is 0 Å². The molecule has 0 unspecified atom stereocenters. The van der Waals surface area contributed by atoms with Crippen LogP contribution < -0.4 is 0 Å². The Labute approximate surface area is 85.9 Å². The first-order valence-electron chi connectivity index (χ1n) is 4.06. The monoisotopic (exact) mass is 215 g/mol. The number of nitrogens with zero attached hydrogens (tertiary/aromatic N) is 1. The molecule has 0 saturated carbocycles. The molecule has 0 amide bonds. The zero-order valence-corrected chi connectivity index (χ0v) is 8.32. The summed E-state index contributed by atoms with van der Waals surface area (Å²) in [4.78, 5) is 15.2. The van der Waals surface area contributed by atoms with E-state index in [1.165, 1.54) is 0 Å². The third-order valence-corrected chi connectivity index (χ3v) is 2.63. The summed E-state index contributed by atoms with van der Waals surface area (Å²) >= 11 is 11.2. The molecular weight excluding hydrogens is 209 g/mol. The maximum Gasteiger partial charge on any atom is 0.252 e. The Morgan fingerprint density at radius 2 is 2.23 bits per heavy atom. The average Bonchev–Trinajstić information content (AvgIpc) is 2.49. The second-order valence-electron chi connectivity index (χ2n) is 3.05. The molecule has 4 heteroatoms. The molecule has 13 heavy (non-hydrogen) atoms. The van der Waals surface area contributed by atoms with Crippen LogP contribution in [-0.2, 0) is 12.8 Å². The number of carbonyl (C=O) groups excluding carboxylic acids is 1. The Morgan fingerprint density at radius 1 is 1.46 bits per heavy atom. The van der Waals surface area contributed by atoms with Gasteiger partial charge in [-0.25, -0.2) is 4.98 Å². The Kier molecular flexibility index (Phi) is 2.26. The SMILES string of the molecule is O=C(Cl)c1cc(Cl)nc2c1CCC2. The number of carbonyl (C=O) groups is 1. The van der Waals surface area contributed by atoms with Crippen LogP contribution in [0, 0.1) is 0 Å². The average molecular weight is 216 g/mol. The van der Waals surface area contributed by atoms with Gasteiger partial charge in [0, 0.05) is 11.3 Å². The summed E-state index contributed by atoms with van der Waals surface area (Å²) in [6, 6.07) is 1.54. The molecule has 0 saturated heterocycles. The largest absolute Gasteiger partial charge is 0.276 e. The molecule has 1 aliphatic rings. The number of hydrogen-bond donors (Lipinski definition) is 0. The summed E-state index contributed by atoms with van der Waals surface area (Å²) in [5, 5.41) is -0.0906. The minimum Gasteiger partial charge on any atom is -0.276 e. The van der Waals surface area contributed by atoms with E-state index in [4.69, 9.17) is 23.2 Å². The molecule has 1 aromatic rings. The van der Waals surface area contributed by atoms with Crippen LogP contribution in [0.15, 0.2) is 6.07 Å². The van der Waals surface area contributed by atoms with Crippen molar-refractivity contribution in [2.45, 2.75) is 19.3 Å². The molecule has 1 heterocycles. The number of pyridine rings is 1. The lowest BCUT2D eigenvalue weighted by atomic mass is 10.1. The van der Waals surface area contributed by atoms with Gasteiger partial charge in [0.05, 0.1) is 0 Å². The number of fused-ring (bicyclic) bond motifs is 1. The van der Waals surface area contributed by atoms with E-state index in [0.29, 0.717) is 10.7 Å². The van der Waals surface area contributed by atoms with Crippen molar-refractivity contribution in [1.82, 2.24) is 4.98 Å². The molecule has 68 valence electrons. The number of aromatic nitrogens is 1. The summed E-state index contributed by atoms with van der Waals surface area (Å²) in [5.74, 6) is 0. The zero-order chi connectivity index (χ0) is 9.42. The van der Waals surface area contributed by atoms with Crippen LogP contribution in [-0.4, -0.2) is 10.2 Å². The quantitative estimate of drug-likeness (QED) is 0.533. The Bertz CT molecular complexity index is 376. The van der Waals surface area contributed by atoms with Crippen LogP contribution in [0.2, 0.25) is 5.15 Å². The van der Waals surface area contributed by atoms with E-state index in [1.54, 1.807) is 6.07 Å². The van der Waals surface area contributed by atoms with E-state index in [1.807, 2.05) is 0 Å². The van der Waals surface area contributed by atoms with Gasteiger partial charge < -0.3 is 0 Å². The van der Waals surface area contributed by atoms with Crippen LogP contribution in [0.3, 0.4) is 0 Å². The first-order chi connectivity index (χ1) is 6.18. The van der Waals surface area contributed by atoms with Gasteiger partial charge in [0.1, 0.15) is 5.15 Å². The number of aryl methyl sites for hydroxylation is 1. The van der Waals surface area contributed by atoms with Gasteiger partial charge in [0.2, 0.25) is 0 Å². The maximum absolute atomic E-state index is 11.0. The third-order valence-electron chi connectivity index (χ3n) is 2.23. The lowest BCUT2D eigenvalue weighted by Crippen LogP contribution is -1.99. The standard InChI is InChI=1S/C9H7Cl2NO/c10-8-4-6(9(11)13)5-2-1-3-7(5)12-8/h4H,1-3H2. The van der Waals surface area contributed by atoms with Crippen molar-refractivity contribution in [2.24, 2.45) is 0 Å². The summed E-state index contributed by atoms with van der Waals surface area (Å²) < 4.78 is 0. The minimum absolute atomic E-state index is 0.352. The van der Waals surface area contributed by atoms with Gasteiger partial charge in [-0.05, 0) is 42.5 Å². The minimum atomic E-state index is -0.442. The molecule has 0 fully saturated rings. The molecule has 0 atom stereocenters. The summed E-state index contributed by atoms with van der Waals surface area (Å²) in [5.41, 5.74) is 2.43. The van der Waals surface area contributed by atoms with Gasteiger partial charge >= 0.3 is 0 Å². The first kappa shape index (κ1) is 8.97. The fraction of sp³-hybridized carbons (Fsp3) is 0.333. The summed E-state index contributed by atoms with van der Waals surface area (Å²) in [7, 11) is 0.